The summed E-state index contributed by atoms with van der Waals surface area (Å²) in [6, 6.07) is 6.05. The Balaban J connectivity index is 1.85. The maximum absolute atomic E-state index is 12.2. The Bertz CT molecular complexity index is 671. The van der Waals surface area contributed by atoms with Gasteiger partial charge < -0.3 is 14.2 Å². The van der Waals surface area contributed by atoms with Crippen LogP contribution in [0, 0.1) is 6.92 Å². The van der Waals surface area contributed by atoms with Crippen molar-refractivity contribution in [3.05, 3.63) is 35.5 Å². The van der Waals surface area contributed by atoms with E-state index in [-0.39, 0.29) is 12.5 Å². The van der Waals surface area contributed by atoms with Crippen molar-refractivity contribution >= 4 is 23.4 Å². The highest BCUT2D eigenvalue weighted by molar-refractivity contribution is 8.00. The molecule has 2 heterocycles. The minimum atomic E-state index is 0.0504. The van der Waals surface area contributed by atoms with Gasteiger partial charge in [0.2, 0.25) is 5.91 Å². The number of hydrogen-bond donors (Lipinski definition) is 0. The van der Waals surface area contributed by atoms with Gasteiger partial charge in [-0.15, -0.1) is 11.8 Å². The van der Waals surface area contributed by atoms with E-state index in [1.54, 1.807) is 23.8 Å². The van der Waals surface area contributed by atoms with Crippen molar-refractivity contribution in [3.63, 3.8) is 0 Å². The molecule has 0 bridgehead atoms. The zero-order valence-electron chi connectivity index (χ0n) is 11.8. The van der Waals surface area contributed by atoms with Crippen LogP contribution in [-0.2, 0) is 22.7 Å². The van der Waals surface area contributed by atoms with Crippen LogP contribution in [0.3, 0.4) is 0 Å². The molecule has 0 aliphatic carbocycles. The summed E-state index contributed by atoms with van der Waals surface area (Å²) < 4.78 is 10.0. The zero-order valence-corrected chi connectivity index (χ0v) is 12.6. The number of fused-ring (bicyclic) bond motifs is 1. The lowest BCUT2D eigenvalue weighted by Crippen LogP contribution is -2.35. The highest BCUT2D eigenvalue weighted by Gasteiger charge is 2.26. The zero-order chi connectivity index (χ0) is 14.8. The van der Waals surface area contributed by atoms with Crippen LogP contribution in [0.25, 0.3) is 0 Å². The number of aromatic nitrogens is 2. The van der Waals surface area contributed by atoms with Crippen LogP contribution in [0.2, 0.25) is 0 Å². The van der Waals surface area contributed by atoms with Crippen molar-refractivity contribution in [2.24, 2.45) is 0 Å². The van der Waals surface area contributed by atoms with Gasteiger partial charge in [0.05, 0.1) is 18.0 Å². The fraction of sp³-hybridized carbons (Fsp3) is 0.357. The highest BCUT2D eigenvalue weighted by Crippen LogP contribution is 2.36. The highest BCUT2D eigenvalue weighted by atomic mass is 32.2. The molecule has 1 aliphatic rings. The number of rotatable bonds is 4. The van der Waals surface area contributed by atoms with Gasteiger partial charge in [-0.05, 0) is 24.6 Å². The molecule has 0 atom stereocenters. The Morgan fingerprint density at radius 2 is 2.33 bits per heavy atom. The van der Waals surface area contributed by atoms with Crippen molar-refractivity contribution < 1.29 is 14.1 Å². The normalized spacial score (nSPS) is 14.4. The minimum absolute atomic E-state index is 0.0504. The molecule has 1 amide bonds. The van der Waals surface area contributed by atoms with E-state index >= 15 is 0 Å². The molecule has 7 heteroatoms. The molecule has 2 aromatic rings. The Hall–Kier alpha value is -1.86. The average molecular weight is 305 g/mol. The number of nitrogens with zero attached hydrogens (tertiary/aromatic N) is 3. The first kappa shape index (κ1) is 14.1. The van der Waals surface area contributed by atoms with Gasteiger partial charge >= 0.3 is 0 Å². The number of amides is 1. The number of carbonyl (C=O) groups is 1. The number of benzene rings is 1. The molecule has 0 spiro atoms. The number of hydrogen-bond acceptors (Lipinski definition) is 6. The minimum Gasteiger partial charge on any atom is -0.375 e. The summed E-state index contributed by atoms with van der Waals surface area (Å²) in [6.45, 7) is 2.62. The van der Waals surface area contributed by atoms with Gasteiger partial charge in [0.1, 0.15) is 6.61 Å². The number of methoxy groups -OCH3 is 1. The molecule has 0 saturated heterocycles. The fourth-order valence-corrected chi connectivity index (χ4v) is 3.19. The summed E-state index contributed by atoms with van der Waals surface area (Å²) in [5.74, 6) is 1.37. The molecule has 0 N–H and O–H groups in total. The van der Waals surface area contributed by atoms with Crippen LogP contribution in [-0.4, -0.2) is 28.9 Å². The predicted octanol–water partition coefficient (Wildman–Crippen LogP) is 2.16. The number of anilines is 1. The SMILES string of the molecule is COCc1nc(CN2C(=O)CSc3cc(C)ccc32)no1. The van der Waals surface area contributed by atoms with Crippen molar-refractivity contribution in [2.45, 2.75) is 25.0 Å². The van der Waals surface area contributed by atoms with Crippen molar-refractivity contribution in [2.75, 3.05) is 17.8 Å². The van der Waals surface area contributed by atoms with Gasteiger partial charge in [0.15, 0.2) is 5.82 Å². The number of thioether (sulfide) groups is 1. The first-order valence-corrected chi connectivity index (χ1v) is 7.50. The Morgan fingerprint density at radius 1 is 1.48 bits per heavy atom. The number of aryl methyl sites for hydroxylation is 1. The van der Waals surface area contributed by atoms with E-state index in [1.807, 2.05) is 19.1 Å². The summed E-state index contributed by atoms with van der Waals surface area (Å²) >= 11 is 1.56. The van der Waals surface area contributed by atoms with Crippen molar-refractivity contribution in [1.82, 2.24) is 10.1 Å². The monoisotopic (exact) mass is 305 g/mol. The third kappa shape index (κ3) is 2.93. The van der Waals surface area contributed by atoms with Gasteiger partial charge in [0.25, 0.3) is 5.89 Å². The lowest BCUT2D eigenvalue weighted by atomic mass is 10.2. The second kappa shape index (κ2) is 5.87. The number of carbonyl (C=O) groups excluding carboxylic acids is 1. The summed E-state index contributed by atoms with van der Waals surface area (Å²) in [5, 5.41) is 3.89. The largest absolute Gasteiger partial charge is 0.375 e. The predicted molar refractivity (Wildman–Crippen MR) is 78.1 cm³/mol. The molecule has 0 fully saturated rings. The summed E-state index contributed by atoms with van der Waals surface area (Å²) in [7, 11) is 1.56. The quantitative estimate of drug-likeness (QED) is 0.862. The van der Waals surface area contributed by atoms with Crippen LogP contribution in [0.5, 0.6) is 0 Å². The molecule has 1 aliphatic heterocycles. The molecular formula is C14H15N3O3S. The molecule has 1 aromatic heterocycles. The van der Waals surface area contributed by atoms with Crippen molar-refractivity contribution in [3.8, 4) is 0 Å². The second-order valence-corrected chi connectivity index (χ2v) is 5.79. The van der Waals surface area contributed by atoms with Gasteiger partial charge in [-0.2, -0.15) is 4.98 Å². The molecule has 6 nitrogen and oxygen atoms in total. The molecule has 0 radical (unpaired) electrons. The number of ether oxygens (including phenoxy) is 1. The third-order valence-corrected chi connectivity index (χ3v) is 4.17. The van der Waals surface area contributed by atoms with Gasteiger partial charge in [-0.1, -0.05) is 11.2 Å². The molecule has 110 valence electrons. The Morgan fingerprint density at radius 3 is 3.14 bits per heavy atom. The summed E-state index contributed by atoms with van der Waals surface area (Å²) in [4.78, 5) is 19.2. The van der Waals surface area contributed by atoms with Crippen molar-refractivity contribution in [1.29, 1.82) is 0 Å². The van der Waals surface area contributed by atoms with Crippen LogP contribution in [0.1, 0.15) is 17.3 Å². The van der Waals surface area contributed by atoms with E-state index in [4.69, 9.17) is 9.26 Å². The van der Waals surface area contributed by atoms with Gasteiger partial charge in [-0.25, -0.2) is 0 Å². The molecule has 21 heavy (non-hydrogen) atoms. The van der Waals surface area contributed by atoms with Gasteiger partial charge in [-0.3, -0.25) is 4.79 Å². The first-order chi connectivity index (χ1) is 10.2. The lowest BCUT2D eigenvalue weighted by Gasteiger charge is -2.28. The first-order valence-electron chi connectivity index (χ1n) is 6.51. The maximum atomic E-state index is 12.2. The summed E-state index contributed by atoms with van der Waals surface area (Å²) in [5.41, 5.74) is 2.08. The third-order valence-electron chi connectivity index (χ3n) is 3.14. The average Bonchev–Trinajstić information content (AvgIpc) is 2.90. The van der Waals surface area contributed by atoms with E-state index in [1.165, 1.54) is 5.56 Å². The van der Waals surface area contributed by atoms with E-state index in [2.05, 4.69) is 16.2 Å². The van der Waals surface area contributed by atoms with Gasteiger partial charge in [0, 0.05) is 12.0 Å². The van der Waals surface area contributed by atoms with E-state index in [0.717, 1.165) is 10.6 Å². The van der Waals surface area contributed by atoms with Crippen LogP contribution < -0.4 is 4.90 Å². The van der Waals surface area contributed by atoms with E-state index in [9.17, 15) is 4.79 Å². The van der Waals surface area contributed by atoms with E-state index < -0.39 is 0 Å². The topological polar surface area (TPSA) is 68.5 Å². The lowest BCUT2D eigenvalue weighted by molar-refractivity contribution is -0.116. The Labute approximate surface area is 126 Å². The van der Waals surface area contributed by atoms with E-state index in [0.29, 0.717) is 24.0 Å². The molecule has 0 unspecified atom stereocenters. The molecule has 0 saturated carbocycles. The molecule has 1 aromatic carbocycles. The summed E-state index contributed by atoms with van der Waals surface area (Å²) in [6.07, 6.45) is 0. The smallest absolute Gasteiger partial charge is 0.252 e. The van der Waals surface area contributed by atoms with Crippen LogP contribution in [0.4, 0.5) is 5.69 Å². The Kier molecular flexibility index (Phi) is 3.94. The standard InChI is InChI=1S/C14H15N3O3S/c1-9-3-4-10-11(5-9)21-8-14(18)17(10)6-12-15-13(7-19-2)20-16-12/h3-5H,6-8H2,1-2H3. The second-order valence-electron chi connectivity index (χ2n) is 4.78. The molecule has 3 rings (SSSR count). The fourth-order valence-electron chi connectivity index (χ4n) is 2.16. The molecular weight excluding hydrogens is 290 g/mol. The van der Waals surface area contributed by atoms with Crippen LogP contribution in [0.15, 0.2) is 27.6 Å². The maximum Gasteiger partial charge on any atom is 0.252 e. The van der Waals surface area contributed by atoms with Crippen LogP contribution >= 0.6 is 11.8 Å².